The summed E-state index contributed by atoms with van der Waals surface area (Å²) in [5.74, 6) is -0.174. The van der Waals surface area contributed by atoms with Crippen LogP contribution in [0.3, 0.4) is 0 Å². The fourth-order valence-corrected chi connectivity index (χ4v) is 4.30. The Morgan fingerprint density at radius 1 is 1.43 bits per heavy atom. The Balaban J connectivity index is 1.36. The van der Waals surface area contributed by atoms with Crippen molar-refractivity contribution in [1.29, 1.82) is 5.26 Å². The van der Waals surface area contributed by atoms with E-state index in [1.807, 2.05) is 35.2 Å². The lowest BCUT2D eigenvalue weighted by atomic mass is 10.1. The highest BCUT2D eigenvalue weighted by molar-refractivity contribution is 6.35. The van der Waals surface area contributed by atoms with Crippen molar-refractivity contribution in [3.8, 4) is 6.07 Å². The predicted octanol–water partition coefficient (Wildman–Crippen LogP) is 2.84. The van der Waals surface area contributed by atoms with Crippen LogP contribution in [0.4, 0.5) is 10.1 Å². The number of rotatable bonds is 4. The van der Waals surface area contributed by atoms with Crippen LogP contribution in [0.2, 0.25) is 5.02 Å². The molecule has 2 aromatic rings. The number of aromatic nitrogens is 1. The van der Waals surface area contributed by atoms with E-state index < -0.39 is 12.2 Å². The first-order valence-corrected chi connectivity index (χ1v) is 9.77. The molecule has 0 bridgehead atoms. The molecule has 28 heavy (non-hydrogen) atoms. The Morgan fingerprint density at radius 3 is 3.11 bits per heavy atom. The Morgan fingerprint density at radius 2 is 2.29 bits per heavy atom. The topological polar surface area (TPSA) is 72.3 Å². The van der Waals surface area contributed by atoms with Crippen LogP contribution in [0.15, 0.2) is 30.5 Å². The number of nitriles is 1. The number of anilines is 1. The number of nitrogens with zero attached hydrogens (tertiary/aromatic N) is 4. The molecule has 1 aromatic heterocycles. The van der Waals surface area contributed by atoms with Gasteiger partial charge >= 0.3 is 0 Å². The van der Waals surface area contributed by atoms with Crippen LogP contribution in [-0.4, -0.2) is 65.1 Å². The average molecular weight is 402 g/mol. The number of alkyl halides is 1. The summed E-state index contributed by atoms with van der Waals surface area (Å²) >= 11 is 6.34. The third-order valence-electron chi connectivity index (χ3n) is 5.38. The standard InChI is InChI=1S/C20H21ClFN5O/c21-18-8-16(6-13-2-1-4-24-20(13)18)25-15-3-5-26(11-15)12-19(28)27-10-14(22)7-17(27)9-23/h1-2,4,6,8,14-15,17,25H,3,5,7,10-12H2/t14-,15+,17?/m0/s1. The molecule has 6 nitrogen and oxygen atoms in total. The van der Waals surface area contributed by atoms with E-state index in [0.29, 0.717) is 11.6 Å². The first-order chi connectivity index (χ1) is 13.5. The van der Waals surface area contributed by atoms with Crippen LogP contribution >= 0.6 is 11.6 Å². The van der Waals surface area contributed by atoms with Crippen molar-refractivity contribution in [3.05, 3.63) is 35.5 Å². The van der Waals surface area contributed by atoms with Crippen LogP contribution < -0.4 is 5.32 Å². The number of amides is 1. The van der Waals surface area contributed by atoms with Gasteiger partial charge in [0.05, 0.1) is 29.7 Å². The van der Waals surface area contributed by atoms with Gasteiger partial charge in [-0.1, -0.05) is 17.7 Å². The normalized spacial score (nSPS) is 25.2. The van der Waals surface area contributed by atoms with Crippen molar-refractivity contribution in [2.24, 2.45) is 0 Å². The van der Waals surface area contributed by atoms with Crippen LogP contribution in [-0.2, 0) is 4.79 Å². The fourth-order valence-electron chi connectivity index (χ4n) is 4.03. The Kier molecular flexibility index (Phi) is 5.33. The molecule has 3 atom stereocenters. The number of hydrogen-bond acceptors (Lipinski definition) is 5. The van der Waals surface area contributed by atoms with Gasteiger partial charge in [0.2, 0.25) is 5.91 Å². The van der Waals surface area contributed by atoms with Crippen molar-refractivity contribution >= 4 is 34.1 Å². The van der Waals surface area contributed by atoms with Crippen molar-refractivity contribution in [2.45, 2.75) is 31.1 Å². The van der Waals surface area contributed by atoms with Gasteiger partial charge in [0.1, 0.15) is 12.2 Å². The highest BCUT2D eigenvalue weighted by atomic mass is 35.5. The van der Waals surface area contributed by atoms with E-state index in [0.717, 1.165) is 29.6 Å². The second kappa shape index (κ2) is 7.90. The number of likely N-dealkylation sites (tertiary alicyclic amines) is 2. The molecule has 3 heterocycles. The molecule has 2 fully saturated rings. The Bertz CT molecular complexity index is 932. The second-order valence-electron chi connectivity index (χ2n) is 7.42. The van der Waals surface area contributed by atoms with Gasteiger partial charge in [0.15, 0.2) is 0 Å². The zero-order chi connectivity index (χ0) is 19.7. The lowest BCUT2D eigenvalue weighted by Gasteiger charge is -2.23. The lowest BCUT2D eigenvalue weighted by molar-refractivity contribution is -0.132. The van der Waals surface area contributed by atoms with Gasteiger partial charge in [-0.15, -0.1) is 0 Å². The Hall–Kier alpha value is -2.43. The molecule has 0 spiro atoms. The molecule has 2 aliphatic heterocycles. The zero-order valence-corrected chi connectivity index (χ0v) is 16.1. The second-order valence-corrected chi connectivity index (χ2v) is 7.83. The molecule has 0 saturated carbocycles. The summed E-state index contributed by atoms with van der Waals surface area (Å²) in [6.45, 7) is 1.72. The molecule has 2 aliphatic rings. The number of benzene rings is 1. The predicted molar refractivity (Wildman–Crippen MR) is 106 cm³/mol. The summed E-state index contributed by atoms with van der Waals surface area (Å²) in [6, 6.07) is 9.31. The van der Waals surface area contributed by atoms with E-state index in [2.05, 4.69) is 10.3 Å². The molecule has 146 valence electrons. The van der Waals surface area contributed by atoms with Gasteiger partial charge < -0.3 is 10.2 Å². The summed E-state index contributed by atoms with van der Waals surface area (Å²) < 4.78 is 13.5. The average Bonchev–Trinajstić information content (AvgIpc) is 3.27. The van der Waals surface area contributed by atoms with Gasteiger partial charge in [-0.3, -0.25) is 14.7 Å². The molecule has 1 aromatic carbocycles. The van der Waals surface area contributed by atoms with E-state index in [-0.39, 0.29) is 31.5 Å². The zero-order valence-electron chi connectivity index (χ0n) is 15.3. The van der Waals surface area contributed by atoms with Crippen LogP contribution in [0.5, 0.6) is 0 Å². The molecule has 1 N–H and O–H groups in total. The summed E-state index contributed by atoms with van der Waals surface area (Å²) in [5.41, 5.74) is 1.70. The van der Waals surface area contributed by atoms with Gasteiger partial charge in [0.25, 0.3) is 0 Å². The first-order valence-electron chi connectivity index (χ1n) is 9.40. The number of halogens is 2. The van der Waals surface area contributed by atoms with Crippen molar-refractivity contribution in [2.75, 3.05) is 31.5 Å². The largest absolute Gasteiger partial charge is 0.381 e. The van der Waals surface area contributed by atoms with Crippen molar-refractivity contribution in [3.63, 3.8) is 0 Å². The summed E-state index contributed by atoms with van der Waals surface area (Å²) in [6.07, 6.45) is 1.62. The minimum Gasteiger partial charge on any atom is -0.381 e. The van der Waals surface area contributed by atoms with Gasteiger partial charge in [-0.2, -0.15) is 5.26 Å². The molecule has 4 rings (SSSR count). The van der Waals surface area contributed by atoms with E-state index in [9.17, 15) is 9.18 Å². The molecule has 0 aliphatic carbocycles. The minimum absolute atomic E-state index is 0.0240. The minimum atomic E-state index is -1.10. The van der Waals surface area contributed by atoms with Gasteiger partial charge in [-0.25, -0.2) is 4.39 Å². The van der Waals surface area contributed by atoms with E-state index in [1.165, 1.54) is 4.90 Å². The monoisotopic (exact) mass is 401 g/mol. The SMILES string of the molecule is N#CC1C[C@H](F)CN1C(=O)CN1CC[C@@H](Nc2cc(Cl)c3ncccc3c2)C1. The summed E-state index contributed by atoms with van der Waals surface area (Å²) in [4.78, 5) is 20.2. The molecule has 1 unspecified atom stereocenters. The number of hydrogen-bond donors (Lipinski definition) is 1. The lowest BCUT2D eigenvalue weighted by Crippen LogP contribution is -2.42. The summed E-state index contributed by atoms with van der Waals surface area (Å²) in [7, 11) is 0. The Labute approximate surface area is 167 Å². The molecular formula is C20H21ClFN5O. The molecule has 1 amide bonds. The van der Waals surface area contributed by atoms with Crippen LogP contribution in [0, 0.1) is 11.3 Å². The number of carbonyl (C=O) groups excluding carboxylic acids is 1. The maximum Gasteiger partial charge on any atom is 0.237 e. The molecule has 0 radical (unpaired) electrons. The highest BCUT2D eigenvalue weighted by Gasteiger charge is 2.36. The maximum atomic E-state index is 13.5. The van der Waals surface area contributed by atoms with Crippen molar-refractivity contribution in [1.82, 2.24) is 14.8 Å². The number of carbonyl (C=O) groups is 1. The summed E-state index contributed by atoms with van der Waals surface area (Å²) in [5, 5.41) is 14.2. The van der Waals surface area contributed by atoms with Gasteiger partial charge in [-0.05, 0) is 24.6 Å². The van der Waals surface area contributed by atoms with E-state index in [4.69, 9.17) is 16.9 Å². The number of nitrogens with one attached hydrogen (secondary N) is 1. The van der Waals surface area contributed by atoms with Crippen molar-refractivity contribution < 1.29 is 9.18 Å². The first kappa shape index (κ1) is 18.9. The number of fused-ring (bicyclic) bond motifs is 1. The van der Waals surface area contributed by atoms with Gasteiger partial charge in [0, 0.05) is 42.8 Å². The third kappa shape index (κ3) is 3.89. The molecule has 8 heteroatoms. The maximum absolute atomic E-state index is 13.5. The smallest absolute Gasteiger partial charge is 0.237 e. The fraction of sp³-hybridized carbons (Fsp3) is 0.450. The number of pyridine rings is 1. The highest BCUT2D eigenvalue weighted by Crippen LogP contribution is 2.27. The van der Waals surface area contributed by atoms with Crippen LogP contribution in [0.25, 0.3) is 10.9 Å². The molecular weight excluding hydrogens is 381 g/mol. The van der Waals surface area contributed by atoms with Crippen LogP contribution in [0.1, 0.15) is 12.8 Å². The van der Waals surface area contributed by atoms with E-state index >= 15 is 0 Å². The van der Waals surface area contributed by atoms with E-state index in [1.54, 1.807) is 6.20 Å². The quantitative estimate of drug-likeness (QED) is 0.852. The molecule has 2 saturated heterocycles. The third-order valence-corrected chi connectivity index (χ3v) is 5.67.